The quantitative estimate of drug-likeness (QED) is 0.0486. The van der Waals surface area contributed by atoms with Crippen LogP contribution in [0.5, 0.6) is 0 Å². The molecule has 52 heavy (non-hydrogen) atoms. The number of benzene rings is 1. The highest BCUT2D eigenvalue weighted by Gasteiger charge is 2.45. The number of carboxylic acids is 1. The number of rotatable bonds is 27. The number of aliphatic carboxylic acids is 1. The van der Waals surface area contributed by atoms with Crippen molar-refractivity contribution in [1.82, 2.24) is 10.2 Å². The Bertz CT molecular complexity index is 1430. The number of esters is 1. The fourth-order valence-electron chi connectivity index (χ4n) is 5.09. The number of fused-ring (bicyclic) bond motifs is 1. The number of hydrogen-bond acceptors (Lipinski definition) is 14. The number of unbranched alkanes of at least 4 members (excludes halogenated alkanes) is 2. The number of anilines is 1. The van der Waals surface area contributed by atoms with Crippen LogP contribution in [-0.2, 0) is 57.2 Å². The molecule has 2 heterocycles. The number of imide groups is 2. The van der Waals surface area contributed by atoms with Crippen LogP contribution in [0.3, 0.4) is 0 Å². The number of carbonyl (C=O) groups excluding carboxylic acids is 7. The Labute approximate surface area is 299 Å². The highest BCUT2D eigenvalue weighted by Crippen LogP contribution is 2.32. The Morgan fingerprint density at radius 2 is 1.33 bits per heavy atom. The van der Waals surface area contributed by atoms with Crippen LogP contribution < -0.4 is 10.6 Å². The standard InChI is InChI=1S/C34H45N3O15/c38-26(34(45)46)9-11-29(41)52-22-21-51-20-19-50-18-17-49-16-15-48-14-13-47-12-3-1-2-7-27(39)35-24-6-4-5-23-30(24)33(44)37(32(23)43)25-8-10-28(40)36-31(25)42/h4-6,25H,1-3,7-22H2,(H,35,39)(H,45,46)(H,36,40,42). The third-order valence-electron chi connectivity index (χ3n) is 7.71. The average molecular weight is 736 g/mol. The molecule has 0 saturated carbocycles. The Hall–Kier alpha value is -4.62. The van der Waals surface area contributed by atoms with Crippen molar-refractivity contribution in [3.05, 3.63) is 29.3 Å². The molecule has 18 nitrogen and oxygen atoms in total. The van der Waals surface area contributed by atoms with Gasteiger partial charge in [0.2, 0.25) is 23.5 Å². The third kappa shape index (κ3) is 14.2. The van der Waals surface area contributed by atoms with Gasteiger partial charge in [0.25, 0.3) is 11.8 Å². The van der Waals surface area contributed by atoms with Crippen molar-refractivity contribution in [3.63, 3.8) is 0 Å². The summed E-state index contributed by atoms with van der Waals surface area (Å²) < 4.78 is 31.9. The van der Waals surface area contributed by atoms with E-state index >= 15 is 0 Å². The van der Waals surface area contributed by atoms with Gasteiger partial charge in [0, 0.05) is 25.9 Å². The lowest BCUT2D eigenvalue weighted by Crippen LogP contribution is -2.54. The Morgan fingerprint density at radius 1 is 0.731 bits per heavy atom. The Kier molecular flexibility index (Phi) is 18.5. The van der Waals surface area contributed by atoms with Crippen molar-refractivity contribution in [2.24, 2.45) is 0 Å². The minimum absolute atomic E-state index is 0.0117. The van der Waals surface area contributed by atoms with E-state index in [-0.39, 0.29) is 68.2 Å². The van der Waals surface area contributed by atoms with Gasteiger partial charge in [-0.15, -0.1) is 0 Å². The predicted octanol–water partition coefficient (Wildman–Crippen LogP) is 0.647. The number of nitrogens with one attached hydrogen (secondary N) is 2. The number of ether oxygens (including phenoxy) is 6. The van der Waals surface area contributed by atoms with Gasteiger partial charge in [0.1, 0.15) is 12.6 Å². The van der Waals surface area contributed by atoms with E-state index in [9.17, 15) is 38.4 Å². The number of piperidine rings is 1. The fraction of sp³-hybridized carbons (Fsp3) is 0.588. The Morgan fingerprint density at radius 3 is 1.92 bits per heavy atom. The second-order valence-corrected chi connectivity index (χ2v) is 11.5. The third-order valence-corrected chi connectivity index (χ3v) is 7.71. The topological polar surface area (TPSA) is 239 Å². The fourth-order valence-corrected chi connectivity index (χ4v) is 5.09. The number of Topliss-reactive ketones (excluding diaryl/α,β-unsaturated/α-hetero) is 1. The van der Waals surface area contributed by atoms with Crippen molar-refractivity contribution < 1.29 is 71.9 Å². The van der Waals surface area contributed by atoms with E-state index in [2.05, 4.69) is 10.6 Å². The van der Waals surface area contributed by atoms with Crippen LogP contribution in [-0.4, -0.2) is 136 Å². The molecule has 0 radical (unpaired) electrons. The van der Waals surface area contributed by atoms with E-state index in [1.165, 1.54) is 12.1 Å². The van der Waals surface area contributed by atoms with Crippen LogP contribution in [0.25, 0.3) is 0 Å². The molecule has 18 heteroatoms. The number of carbonyl (C=O) groups is 8. The van der Waals surface area contributed by atoms with Crippen LogP contribution in [0.2, 0.25) is 0 Å². The molecule has 1 aromatic carbocycles. The lowest BCUT2D eigenvalue weighted by atomic mass is 10.0. The first-order valence-electron chi connectivity index (χ1n) is 17.0. The molecule has 5 amide bonds. The number of nitrogens with zero attached hydrogens (tertiary/aromatic N) is 1. The van der Waals surface area contributed by atoms with Gasteiger partial charge in [-0.2, -0.15) is 0 Å². The normalized spacial score (nSPS) is 15.4. The van der Waals surface area contributed by atoms with Gasteiger partial charge in [-0.05, 0) is 31.4 Å². The molecule has 2 aliphatic heterocycles. The summed E-state index contributed by atoms with van der Waals surface area (Å²) in [6, 6.07) is 3.47. The molecule has 0 bridgehead atoms. The second kappa shape index (κ2) is 23.0. The van der Waals surface area contributed by atoms with E-state index in [0.717, 1.165) is 17.7 Å². The zero-order chi connectivity index (χ0) is 37.7. The molecule has 0 spiro atoms. The van der Waals surface area contributed by atoms with Gasteiger partial charge in [0.05, 0.1) is 82.7 Å². The van der Waals surface area contributed by atoms with Crippen LogP contribution in [0.1, 0.15) is 72.1 Å². The van der Waals surface area contributed by atoms with Crippen molar-refractivity contribution in [2.75, 3.05) is 78.0 Å². The zero-order valence-electron chi connectivity index (χ0n) is 28.9. The summed E-state index contributed by atoms with van der Waals surface area (Å²) >= 11 is 0. The average Bonchev–Trinajstić information content (AvgIpc) is 3.37. The minimum Gasteiger partial charge on any atom is -0.476 e. The summed E-state index contributed by atoms with van der Waals surface area (Å²) in [4.78, 5) is 96.1. The largest absolute Gasteiger partial charge is 0.476 e. The number of carboxylic acid groups (broad SMARTS) is 1. The van der Waals surface area contributed by atoms with E-state index in [4.69, 9.17) is 33.5 Å². The summed E-state index contributed by atoms with van der Waals surface area (Å²) in [7, 11) is 0. The monoisotopic (exact) mass is 735 g/mol. The van der Waals surface area contributed by atoms with Crippen molar-refractivity contribution in [2.45, 2.75) is 57.4 Å². The maximum atomic E-state index is 13.2. The molecular formula is C34H45N3O15. The van der Waals surface area contributed by atoms with Crippen LogP contribution >= 0.6 is 0 Å². The van der Waals surface area contributed by atoms with E-state index in [1.54, 1.807) is 6.07 Å². The number of hydrogen-bond donors (Lipinski definition) is 3. The molecule has 0 aromatic heterocycles. The lowest BCUT2D eigenvalue weighted by Gasteiger charge is -2.27. The molecule has 1 atom stereocenters. The van der Waals surface area contributed by atoms with Crippen LogP contribution in [0, 0.1) is 0 Å². The lowest BCUT2D eigenvalue weighted by molar-refractivity contribution is -0.151. The van der Waals surface area contributed by atoms with Gasteiger partial charge >= 0.3 is 11.9 Å². The van der Waals surface area contributed by atoms with E-state index in [0.29, 0.717) is 59.3 Å². The molecule has 3 rings (SSSR count). The first kappa shape index (κ1) is 41.8. The van der Waals surface area contributed by atoms with E-state index in [1.807, 2.05) is 0 Å². The number of ketones is 1. The zero-order valence-corrected chi connectivity index (χ0v) is 28.9. The highest BCUT2D eigenvalue weighted by molar-refractivity contribution is 6.32. The molecular weight excluding hydrogens is 690 g/mol. The molecule has 1 unspecified atom stereocenters. The highest BCUT2D eigenvalue weighted by atomic mass is 16.6. The molecule has 0 aliphatic carbocycles. The maximum Gasteiger partial charge on any atom is 0.372 e. The summed E-state index contributed by atoms with van der Waals surface area (Å²) in [5.41, 5.74) is 0.333. The van der Waals surface area contributed by atoms with Crippen LogP contribution in [0.15, 0.2) is 18.2 Å². The summed E-state index contributed by atoms with van der Waals surface area (Å²) in [5.74, 6) is -6.08. The summed E-state index contributed by atoms with van der Waals surface area (Å²) in [5, 5.41) is 13.3. The van der Waals surface area contributed by atoms with Gasteiger partial charge in [-0.25, -0.2) is 4.79 Å². The summed E-state index contributed by atoms with van der Waals surface area (Å²) in [6.07, 6.45) is 1.63. The van der Waals surface area contributed by atoms with Crippen molar-refractivity contribution in [3.8, 4) is 0 Å². The molecule has 1 aromatic rings. The smallest absolute Gasteiger partial charge is 0.372 e. The second-order valence-electron chi connectivity index (χ2n) is 11.5. The molecule has 1 saturated heterocycles. The van der Waals surface area contributed by atoms with Gasteiger partial charge in [-0.3, -0.25) is 43.8 Å². The summed E-state index contributed by atoms with van der Waals surface area (Å²) in [6.45, 7) is 3.57. The SMILES string of the molecule is O=C1CCC(N2C(=O)c3cccc(NC(=O)CCCCCOCCOCCOCCOCCOCCOC(=O)CCC(=O)C(=O)O)c3C2=O)C(=O)N1. The first-order valence-corrected chi connectivity index (χ1v) is 17.0. The molecule has 1 fully saturated rings. The first-order chi connectivity index (χ1) is 25.1. The van der Waals surface area contributed by atoms with Gasteiger partial charge in [0.15, 0.2) is 0 Å². The van der Waals surface area contributed by atoms with Crippen molar-refractivity contribution in [1.29, 1.82) is 0 Å². The maximum absolute atomic E-state index is 13.2. The van der Waals surface area contributed by atoms with Crippen molar-refractivity contribution >= 4 is 52.9 Å². The molecule has 2 aliphatic rings. The van der Waals surface area contributed by atoms with E-state index < -0.39 is 53.8 Å². The molecule has 3 N–H and O–H groups in total. The molecule has 286 valence electrons. The van der Waals surface area contributed by atoms with Crippen LogP contribution in [0.4, 0.5) is 5.69 Å². The Balaban J connectivity index is 1.10. The predicted molar refractivity (Wildman–Crippen MR) is 177 cm³/mol. The van der Waals surface area contributed by atoms with Gasteiger partial charge < -0.3 is 38.8 Å². The van der Waals surface area contributed by atoms with Gasteiger partial charge in [-0.1, -0.05) is 12.5 Å². The minimum atomic E-state index is -1.58. The number of amides is 5.